The molecule has 0 aliphatic heterocycles. The van der Waals surface area contributed by atoms with E-state index in [0.29, 0.717) is 18.7 Å². The van der Waals surface area contributed by atoms with Crippen LogP contribution in [0.1, 0.15) is 16.8 Å². The largest absolute Gasteiger partial charge is 0.307 e. The fourth-order valence-corrected chi connectivity index (χ4v) is 2.31. The summed E-state index contributed by atoms with van der Waals surface area (Å²) in [6, 6.07) is 10.8. The van der Waals surface area contributed by atoms with Gasteiger partial charge < -0.3 is 5.32 Å². The summed E-state index contributed by atoms with van der Waals surface area (Å²) in [5.41, 5.74) is 2.70. The SMILES string of the molecule is Cc1c(CNCc2cccc(Br)n2)cccc1[N+](=O)[O-]. The van der Waals surface area contributed by atoms with Crippen molar-refractivity contribution in [2.24, 2.45) is 0 Å². The summed E-state index contributed by atoms with van der Waals surface area (Å²) in [5, 5.41) is 14.1. The standard InChI is InChI=1S/C14H14BrN3O2/c1-10-11(4-2-6-13(10)18(19)20)8-16-9-12-5-3-7-14(15)17-12/h2-7,16H,8-9H2,1H3. The van der Waals surface area contributed by atoms with Crippen LogP contribution in [0.5, 0.6) is 0 Å². The van der Waals surface area contributed by atoms with Crippen LogP contribution in [0.15, 0.2) is 41.0 Å². The number of nitro benzene ring substituents is 1. The maximum Gasteiger partial charge on any atom is 0.272 e. The number of aromatic nitrogens is 1. The smallest absolute Gasteiger partial charge is 0.272 e. The minimum absolute atomic E-state index is 0.157. The Bertz CT molecular complexity index is 632. The van der Waals surface area contributed by atoms with Crippen molar-refractivity contribution < 1.29 is 4.92 Å². The molecule has 0 aliphatic carbocycles. The molecule has 2 aromatic rings. The van der Waals surface area contributed by atoms with Crippen LogP contribution in [0.4, 0.5) is 5.69 Å². The molecular weight excluding hydrogens is 322 g/mol. The minimum Gasteiger partial charge on any atom is -0.307 e. The summed E-state index contributed by atoms with van der Waals surface area (Å²) in [7, 11) is 0. The molecule has 0 atom stereocenters. The van der Waals surface area contributed by atoms with Crippen LogP contribution in [0, 0.1) is 17.0 Å². The van der Waals surface area contributed by atoms with Gasteiger partial charge in [0.25, 0.3) is 5.69 Å². The normalized spacial score (nSPS) is 10.5. The molecule has 2 rings (SSSR count). The van der Waals surface area contributed by atoms with Crippen LogP contribution in [0.2, 0.25) is 0 Å². The fraction of sp³-hybridized carbons (Fsp3) is 0.214. The third-order valence-corrected chi connectivity index (χ3v) is 3.45. The van der Waals surface area contributed by atoms with Crippen molar-refractivity contribution in [3.63, 3.8) is 0 Å². The van der Waals surface area contributed by atoms with Gasteiger partial charge in [-0.2, -0.15) is 0 Å². The second-order valence-corrected chi connectivity index (χ2v) is 5.19. The van der Waals surface area contributed by atoms with Crippen molar-refractivity contribution in [3.05, 3.63) is 67.9 Å². The summed E-state index contributed by atoms with van der Waals surface area (Å²) < 4.78 is 0.795. The topological polar surface area (TPSA) is 68.1 Å². The average Bonchev–Trinajstić information content (AvgIpc) is 2.40. The Morgan fingerprint density at radius 1 is 1.25 bits per heavy atom. The molecule has 0 fully saturated rings. The highest BCUT2D eigenvalue weighted by molar-refractivity contribution is 9.10. The van der Waals surface area contributed by atoms with Crippen LogP contribution in [0.3, 0.4) is 0 Å². The van der Waals surface area contributed by atoms with Crippen molar-refractivity contribution in [1.82, 2.24) is 10.3 Å². The van der Waals surface area contributed by atoms with Gasteiger partial charge in [-0.1, -0.05) is 18.2 Å². The van der Waals surface area contributed by atoms with E-state index in [1.54, 1.807) is 13.0 Å². The summed E-state index contributed by atoms with van der Waals surface area (Å²) >= 11 is 3.32. The zero-order valence-corrected chi connectivity index (χ0v) is 12.6. The van der Waals surface area contributed by atoms with Crippen LogP contribution < -0.4 is 5.32 Å². The van der Waals surface area contributed by atoms with E-state index in [2.05, 4.69) is 26.2 Å². The fourth-order valence-electron chi connectivity index (χ4n) is 1.93. The van der Waals surface area contributed by atoms with Crippen LogP contribution in [-0.2, 0) is 13.1 Å². The van der Waals surface area contributed by atoms with Gasteiger partial charge in [0.15, 0.2) is 0 Å². The van der Waals surface area contributed by atoms with Gasteiger partial charge in [0.2, 0.25) is 0 Å². The van der Waals surface area contributed by atoms with Crippen molar-refractivity contribution in [2.75, 3.05) is 0 Å². The van der Waals surface area contributed by atoms with Gasteiger partial charge in [0.05, 0.1) is 10.6 Å². The molecule has 5 nitrogen and oxygen atoms in total. The molecule has 1 aromatic carbocycles. The molecular formula is C14H14BrN3O2. The van der Waals surface area contributed by atoms with Gasteiger partial charge in [0.1, 0.15) is 4.60 Å². The summed E-state index contributed by atoms with van der Waals surface area (Å²) in [6.45, 7) is 2.95. The molecule has 104 valence electrons. The first-order chi connectivity index (χ1) is 9.58. The number of rotatable bonds is 5. The van der Waals surface area contributed by atoms with Crippen LogP contribution >= 0.6 is 15.9 Å². The second kappa shape index (κ2) is 6.58. The Morgan fingerprint density at radius 2 is 2.00 bits per heavy atom. The Balaban J connectivity index is 2.01. The van der Waals surface area contributed by atoms with Crippen molar-refractivity contribution >= 4 is 21.6 Å². The van der Waals surface area contributed by atoms with Gasteiger partial charge in [-0.3, -0.25) is 10.1 Å². The quantitative estimate of drug-likeness (QED) is 0.516. The molecule has 1 N–H and O–H groups in total. The molecule has 1 aromatic heterocycles. The first kappa shape index (κ1) is 14.6. The highest BCUT2D eigenvalue weighted by Gasteiger charge is 2.12. The monoisotopic (exact) mass is 335 g/mol. The number of hydrogen-bond acceptors (Lipinski definition) is 4. The number of hydrogen-bond donors (Lipinski definition) is 1. The van der Waals surface area contributed by atoms with Crippen molar-refractivity contribution in [1.29, 1.82) is 0 Å². The van der Waals surface area contributed by atoms with Gasteiger partial charge in [0, 0.05) is 24.7 Å². The molecule has 0 unspecified atom stereocenters. The average molecular weight is 336 g/mol. The van der Waals surface area contributed by atoms with Gasteiger partial charge >= 0.3 is 0 Å². The molecule has 20 heavy (non-hydrogen) atoms. The molecule has 0 saturated heterocycles. The van der Waals surface area contributed by atoms with E-state index >= 15 is 0 Å². The molecule has 0 aliphatic rings. The molecule has 0 saturated carbocycles. The van der Waals surface area contributed by atoms with E-state index in [0.717, 1.165) is 15.9 Å². The zero-order chi connectivity index (χ0) is 14.5. The van der Waals surface area contributed by atoms with E-state index in [1.807, 2.05) is 24.3 Å². The van der Waals surface area contributed by atoms with Crippen LogP contribution in [0.25, 0.3) is 0 Å². The highest BCUT2D eigenvalue weighted by Crippen LogP contribution is 2.20. The van der Waals surface area contributed by atoms with Gasteiger partial charge in [-0.25, -0.2) is 4.98 Å². The number of nitro groups is 1. The second-order valence-electron chi connectivity index (χ2n) is 4.37. The third kappa shape index (κ3) is 3.61. The van der Waals surface area contributed by atoms with E-state index in [4.69, 9.17) is 0 Å². The number of nitrogens with one attached hydrogen (secondary N) is 1. The van der Waals surface area contributed by atoms with Crippen molar-refractivity contribution in [2.45, 2.75) is 20.0 Å². The Morgan fingerprint density at radius 3 is 2.70 bits per heavy atom. The lowest BCUT2D eigenvalue weighted by molar-refractivity contribution is -0.385. The van der Waals surface area contributed by atoms with Crippen molar-refractivity contribution in [3.8, 4) is 0 Å². The zero-order valence-electron chi connectivity index (χ0n) is 11.0. The number of nitrogens with zero attached hydrogens (tertiary/aromatic N) is 2. The molecule has 0 bridgehead atoms. The highest BCUT2D eigenvalue weighted by atomic mass is 79.9. The summed E-state index contributed by atoms with van der Waals surface area (Å²) in [5.74, 6) is 0. The predicted octanol–water partition coefficient (Wildman–Crippen LogP) is 3.35. The van der Waals surface area contributed by atoms with E-state index in [9.17, 15) is 10.1 Å². The summed E-state index contributed by atoms with van der Waals surface area (Å²) in [4.78, 5) is 14.8. The van der Waals surface area contributed by atoms with Gasteiger partial charge in [-0.15, -0.1) is 0 Å². The first-order valence-corrected chi connectivity index (χ1v) is 6.92. The third-order valence-electron chi connectivity index (χ3n) is 3.01. The lowest BCUT2D eigenvalue weighted by Crippen LogP contribution is -2.14. The number of halogens is 1. The lowest BCUT2D eigenvalue weighted by Gasteiger charge is -2.08. The molecule has 0 spiro atoms. The Labute approximate surface area is 125 Å². The molecule has 1 heterocycles. The maximum atomic E-state index is 10.9. The molecule has 0 amide bonds. The Kier molecular flexibility index (Phi) is 4.81. The van der Waals surface area contributed by atoms with E-state index in [1.165, 1.54) is 6.07 Å². The lowest BCUT2D eigenvalue weighted by atomic mass is 10.1. The number of pyridine rings is 1. The maximum absolute atomic E-state index is 10.9. The molecule has 6 heteroatoms. The van der Waals surface area contributed by atoms with E-state index < -0.39 is 0 Å². The van der Waals surface area contributed by atoms with Gasteiger partial charge in [-0.05, 0) is 40.5 Å². The minimum atomic E-state index is -0.352. The number of benzene rings is 1. The van der Waals surface area contributed by atoms with Crippen LogP contribution in [-0.4, -0.2) is 9.91 Å². The first-order valence-electron chi connectivity index (χ1n) is 6.13. The van der Waals surface area contributed by atoms with E-state index in [-0.39, 0.29) is 10.6 Å². The predicted molar refractivity (Wildman–Crippen MR) is 80.3 cm³/mol. The summed E-state index contributed by atoms with van der Waals surface area (Å²) in [6.07, 6.45) is 0. The molecule has 0 radical (unpaired) electrons. The Hall–Kier alpha value is -1.79.